The molecule has 0 saturated carbocycles. The van der Waals surface area contributed by atoms with E-state index in [4.69, 9.17) is 9.84 Å². The van der Waals surface area contributed by atoms with Crippen LogP contribution >= 0.6 is 0 Å². The summed E-state index contributed by atoms with van der Waals surface area (Å²) in [5.74, 6) is -0.753. The molecule has 0 spiro atoms. The van der Waals surface area contributed by atoms with Crippen molar-refractivity contribution in [3.8, 4) is 5.75 Å². The Morgan fingerprint density at radius 2 is 2.10 bits per heavy atom. The van der Waals surface area contributed by atoms with Gasteiger partial charge in [0.05, 0.1) is 13.7 Å². The third kappa shape index (κ3) is 2.71. The van der Waals surface area contributed by atoms with E-state index in [0.29, 0.717) is 12.1 Å². The number of hydrogen-bond acceptors (Lipinski definition) is 3. The molecule has 1 N–H and O–H groups in total. The normalized spacial score (nSPS) is 10.3. The Kier molecular flexibility index (Phi) is 3.89. The van der Waals surface area contributed by atoms with E-state index in [1.165, 1.54) is 13.2 Å². The summed E-state index contributed by atoms with van der Waals surface area (Å²) in [6.07, 6.45) is 1.70. The zero-order chi connectivity index (χ0) is 14.7. The summed E-state index contributed by atoms with van der Waals surface area (Å²) in [7, 11) is 1.42. The van der Waals surface area contributed by atoms with Crippen LogP contribution in [0.3, 0.4) is 0 Å². The van der Waals surface area contributed by atoms with Gasteiger partial charge in [0.15, 0.2) is 0 Å². The summed E-state index contributed by atoms with van der Waals surface area (Å²) in [5, 5.41) is 9.02. The van der Waals surface area contributed by atoms with Gasteiger partial charge in [0.25, 0.3) is 5.56 Å². The number of pyridine rings is 1. The molecule has 2 aromatic rings. The molecule has 0 saturated heterocycles. The largest absolute Gasteiger partial charge is 0.496 e. The zero-order valence-electron chi connectivity index (χ0n) is 11.3. The van der Waals surface area contributed by atoms with Crippen molar-refractivity contribution < 1.29 is 14.6 Å². The lowest BCUT2D eigenvalue weighted by Crippen LogP contribution is -2.21. The Bertz CT molecular complexity index is 703. The molecular formula is C15H15NO4. The Balaban J connectivity index is 2.37. The summed E-state index contributed by atoms with van der Waals surface area (Å²) in [5.41, 5.74) is 1.52. The van der Waals surface area contributed by atoms with Crippen LogP contribution in [-0.4, -0.2) is 22.8 Å². The molecule has 0 bridgehead atoms. The fraction of sp³-hybridized carbons (Fsp3) is 0.200. The molecule has 0 radical (unpaired) electrons. The number of carboxylic acid groups (broad SMARTS) is 1. The van der Waals surface area contributed by atoms with Crippen molar-refractivity contribution in [3.63, 3.8) is 0 Å². The van der Waals surface area contributed by atoms with Crippen LogP contribution in [0.1, 0.15) is 21.5 Å². The molecule has 20 heavy (non-hydrogen) atoms. The third-order valence-corrected chi connectivity index (χ3v) is 3.06. The lowest BCUT2D eigenvalue weighted by molar-refractivity contribution is 0.0693. The van der Waals surface area contributed by atoms with Gasteiger partial charge in [-0.2, -0.15) is 0 Å². The van der Waals surface area contributed by atoms with E-state index in [9.17, 15) is 9.59 Å². The maximum atomic E-state index is 11.9. The highest BCUT2D eigenvalue weighted by Gasteiger charge is 2.11. The van der Waals surface area contributed by atoms with Crippen molar-refractivity contribution in [1.29, 1.82) is 0 Å². The van der Waals surface area contributed by atoms with Gasteiger partial charge >= 0.3 is 5.97 Å². The molecule has 0 aliphatic rings. The van der Waals surface area contributed by atoms with E-state index in [2.05, 4.69) is 0 Å². The molecule has 2 rings (SSSR count). The molecule has 0 amide bonds. The van der Waals surface area contributed by atoms with Gasteiger partial charge in [-0.15, -0.1) is 0 Å². The van der Waals surface area contributed by atoms with Gasteiger partial charge < -0.3 is 14.4 Å². The Morgan fingerprint density at radius 3 is 2.75 bits per heavy atom. The zero-order valence-corrected chi connectivity index (χ0v) is 11.3. The maximum absolute atomic E-state index is 11.9. The number of benzene rings is 1. The van der Waals surface area contributed by atoms with Crippen molar-refractivity contribution in [2.75, 3.05) is 7.11 Å². The number of ether oxygens (including phenoxy) is 1. The summed E-state index contributed by atoms with van der Waals surface area (Å²) in [4.78, 5) is 23.0. The lowest BCUT2D eigenvalue weighted by atomic mass is 10.1. The second-order valence-corrected chi connectivity index (χ2v) is 4.46. The van der Waals surface area contributed by atoms with Crippen LogP contribution in [-0.2, 0) is 6.54 Å². The van der Waals surface area contributed by atoms with E-state index in [0.717, 1.165) is 5.56 Å². The Morgan fingerprint density at radius 1 is 1.35 bits per heavy atom. The first kappa shape index (κ1) is 13.9. The highest BCUT2D eigenvalue weighted by Crippen LogP contribution is 2.20. The minimum atomic E-state index is -1.04. The van der Waals surface area contributed by atoms with Crippen LogP contribution in [0.25, 0.3) is 0 Å². The monoisotopic (exact) mass is 273 g/mol. The molecule has 0 aliphatic carbocycles. The van der Waals surface area contributed by atoms with Gasteiger partial charge in [0.1, 0.15) is 11.3 Å². The van der Waals surface area contributed by atoms with E-state index in [1.807, 2.05) is 0 Å². The van der Waals surface area contributed by atoms with Crippen LogP contribution < -0.4 is 10.3 Å². The number of aromatic carboxylic acids is 1. The van der Waals surface area contributed by atoms with Crippen LogP contribution in [0.4, 0.5) is 0 Å². The van der Waals surface area contributed by atoms with Gasteiger partial charge in [-0.3, -0.25) is 4.79 Å². The van der Waals surface area contributed by atoms with Crippen molar-refractivity contribution in [1.82, 2.24) is 4.57 Å². The maximum Gasteiger partial charge on any atom is 0.339 e. The fourth-order valence-corrected chi connectivity index (χ4v) is 1.99. The molecule has 0 unspecified atom stereocenters. The van der Waals surface area contributed by atoms with E-state index < -0.39 is 5.97 Å². The summed E-state index contributed by atoms with van der Waals surface area (Å²) >= 11 is 0. The molecule has 5 nitrogen and oxygen atoms in total. The number of methoxy groups -OCH3 is 1. The van der Waals surface area contributed by atoms with Gasteiger partial charge in [0, 0.05) is 11.8 Å². The van der Waals surface area contributed by atoms with E-state index >= 15 is 0 Å². The van der Waals surface area contributed by atoms with Gasteiger partial charge in [0.2, 0.25) is 0 Å². The number of aromatic nitrogens is 1. The number of carboxylic acids is 1. The number of aryl methyl sites for hydroxylation is 1. The SMILES string of the molecule is COc1cc(Cn2cccc(C)c2=O)ccc1C(=O)O. The minimum absolute atomic E-state index is 0.0613. The first-order valence-electron chi connectivity index (χ1n) is 6.09. The van der Waals surface area contributed by atoms with Crippen LogP contribution in [0.5, 0.6) is 5.75 Å². The van der Waals surface area contributed by atoms with Gasteiger partial charge in [-0.05, 0) is 30.7 Å². The fourth-order valence-electron chi connectivity index (χ4n) is 1.99. The lowest BCUT2D eigenvalue weighted by Gasteiger charge is -2.10. The summed E-state index contributed by atoms with van der Waals surface area (Å²) < 4.78 is 6.64. The molecular weight excluding hydrogens is 258 g/mol. The van der Waals surface area contributed by atoms with Crippen LogP contribution in [0, 0.1) is 6.92 Å². The molecule has 0 atom stereocenters. The smallest absolute Gasteiger partial charge is 0.339 e. The van der Waals surface area contributed by atoms with Crippen molar-refractivity contribution in [3.05, 3.63) is 63.6 Å². The minimum Gasteiger partial charge on any atom is -0.496 e. The third-order valence-electron chi connectivity index (χ3n) is 3.06. The first-order chi connectivity index (χ1) is 9.52. The van der Waals surface area contributed by atoms with Crippen molar-refractivity contribution in [2.24, 2.45) is 0 Å². The predicted molar refractivity (Wildman–Crippen MR) is 74.5 cm³/mol. The average Bonchev–Trinajstić information content (AvgIpc) is 2.43. The van der Waals surface area contributed by atoms with Crippen LogP contribution in [0.2, 0.25) is 0 Å². The Labute approximate surface area is 116 Å². The summed E-state index contributed by atoms with van der Waals surface area (Å²) in [6.45, 7) is 2.13. The number of nitrogens with zero attached hydrogens (tertiary/aromatic N) is 1. The molecule has 0 aliphatic heterocycles. The molecule has 5 heteroatoms. The van der Waals surface area contributed by atoms with Gasteiger partial charge in [-0.25, -0.2) is 4.79 Å². The number of hydrogen-bond donors (Lipinski definition) is 1. The second kappa shape index (κ2) is 5.61. The second-order valence-electron chi connectivity index (χ2n) is 4.46. The predicted octanol–water partition coefficient (Wildman–Crippen LogP) is 1.91. The van der Waals surface area contributed by atoms with Crippen molar-refractivity contribution in [2.45, 2.75) is 13.5 Å². The van der Waals surface area contributed by atoms with Crippen molar-refractivity contribution >= 4 is 5.97 Å². The highest BCUT2D eigenvalue weighted by atomic mass is 16.5. The molecule has 1 heterocycles. The Hall–Kier alpha value is -2.56. The number of rotatable bonds is 4. The highest BCUT2D eigenvalue weighted by molar-refractivity contribution is 5.90. The first-order valence-corrected chi connectivity index (χ1v) is 6.09. The van der Waals surface area contributed by atoms with E-state index in [-0.39, 0.29) is 16.9 Å². The topological polar surface area (TPSA) is 68.5 Å². The van der Waals surface area contributed by atoms with Crippen LogP contribution in [0.15, 0.2) is 41.3 Å². The molecule has 104 valence electrons. The molecule has 1 aromatic heterocycles. The summed E-state index contributed by atoms with van der Waals surface area (Å²) in [6, 6.07) is 8.36. The standard InChI is InChI=1S/C15H15NO4/c1-10-4-3-7-16(14(10)17)9-11-5-6-12(15(18)19)13(8-11)20-2/h3-8H,9H2,1-2H3,(H,18,19). The average molecular weight is 273 g/mol. The quantitative estimate of drug-likeness (QED) is 0.924. The molecule has 1 aromatic carbocycles. The number of carbonyl (C=O) groups is 1. The van der Waals surface area contributed by atoms with E-state index in [1.54, 1.807) is 42.0 Å². The molecule has 0 fully saturated rings. The van der Waals surface area contributed by atoms with Gasteiger partial charge in [-0.1, -0.05) is 12.1 Å².